The van der Waals surface area contributed by atoms with Gasteiger partial charge in [0.05, 0.1) is 18.6 Å². The van der Waals surface area contributed by atoms with E-state index < -0.39 is 5.54 Å². The molecule has 0 saturated heterocycles. The molecule has 0 aliphatic heterocycles. The Balaban J connectivity index is 2.10. The summed E-state index contributed by atoms with van der Waals surface area (Å²) in [7, 11) is 0. The molecular weight excluding hydrogens is 294 g/mol. The van der Waals surface area contributed by atoms with Crippen LogP contribution in [0, 0.1) is 10.8 Å². The molecule has 0 unspecified atom stereocenters. The van der Waals surface area contributed by atoms with E-state index in [1.807, 2.05) is 0 Å². The summed E-state index contributed by atoms with van der Waals surface area (Å²) in [6, 6.07) is 0. The lowest BCUT2D eigenvalue weighted by Gasteiger charge is -2.49. The maximum atomic E-state index is 11.4. The minimum Gasteiger partial charge on any atom is -0.466 e. The zero-order valence-electron chi connectivity index (χ0n) is 14.9. The maximum absolute atomic E-state index is 11.4. The van der Waals surface area contributed by atoms with Gasteiger partial charge in [-0.05, 0) is 37.0 Å². The first-order valence-corrected chi connectivity index (χ1v) is 8.33. The van der Waals surface area contributed by atoms with Crippen LogP contribution in [0.4, 0.5) is 0 Å². The van der Waals surface area contributed by atoms with Crippen LogP contribution in [0.1, 0.15) is 72.0 Å². The van der Waals surface area contributed by atoms with Crippen molar-refractivity contribution in [2.45, 2.75) is 72.3 Å². The quantitative estimate of drug-likeness (QED) is 0.838. The third-order valence-corrected chi connectivity index (χ3v) is 4.31. The summed E-state index contributed by atoms with van der Waals surface area (Å²) >= 11 is 0. The first-order valence-electron chi connectivity index (χ1n) is 8.33. The van der Waals surface area contributed by atoms with Crippen molar-refractivity contribution in [2.75, 3.05) is 6.61 Å². The molecule has 1 aliphatic rings. The van der Waals surface area contributed by atoms with Gasteiger partial charge in [0, 0.05) is 6.42 Å². The number of carbonyl (C=O) groups is 1. The molecule has 2 N–H and O–H groups in total. The normalized spacial score (nSPS) is 21.8. The number of nitrogens with zero attached hydrogens (tertiary/aromatic N) is 2. The highest BCUT2D eigenvalue weighted by molar-refractivity contribution is 5.69. The molecule has 1 aromatic rings. The highest BCUT2D eigenvalue weighted by Crippen LogP contribution is 2.52. The van der Waals surface area contributed by atoms with E-state index in [-0.39, 0.29) is 23.2 Å². The Bertz CT molecular complexity index is 547. The zero-order valence-corrected chi connectivity index (χ0v) is 14.9. The van der Waals surface area contributed by atoms with Crippen LogP contribution >= 0.6 is 0 Å². The van der Waals surface area contributed by atoms with Crippen LogP contribution in [0.15, 0.2) is 4.52 Å². The lowest BCUT2D eigenvalue weighted by Crippen LogP contribution is -2.50. The molecule has 0 radical (unpaired) electrons. The fraction of sp³-hybridized carbons (Fsp3) is 0.824. The highest BCUT2D eigenvalue weighted by Gasteiger charge is 2.48. The smallest absolute Gasteiger partial charge is 0.306 e. The summed E-state index contributed by atoms with van der Waals surface area (Å²) in [6.07, 6.45) is 3.38. The molecule has 1 aliphatic carbocycles. The van der Waals surface area contributed by atoms with Crippen molar-refractivity contribution in [3.05, 3.63) is 11.7 Å². The number of esters is 1. The molecule has 0 spiro atoms. The van der Waals surface area contributed by atoms with Crippen LogP contribution in [0.2, 0.25) is 0 Å². The van der Waals surface area contributed by atoms with Gasteiger partial charge in [0.15, 0.2) is 5.82 Å². The molecule has 6 nitrogen and oxygen atoms in total. The van der Waals surface area contributed by atoms with Crippen molar-refractivity contribution in [3.63, 3.8) is 0 Å². The van der Waals surface area contributed by atoms with Crippen LogP contribution in [-0.4, -0.2) is 22.7 Å². The molecule has 1 fully saturated rings. The lowest BCUT2D eigenvalue weighted by atomic mass is 9.58. The Morgan fingerprint density at radius 2 is 1.83 bits per heavy atom. The van der Waals surface area contributed by atoms with E-state index in [9.17, 15) is 4.79 Å². The van der Waals surface area contributed by atoms with Gasteiger partial charge in [-0.15, -0.1) is 0 Å². The third-order valence-electron chi connectivity index (χ3n) is 4.31. The summed E-state index contributed by atoms with van der Waals surface area (Å²) in [5, 5.41) is 4.10. The first kappa shape index (κ1) is 17.9. The molecule has 0 aromatic carbocycles. The van der Waals surface area contributed by atoms with Gasteiger partial charge in [-0.3, -0.25) is 4.79 Å². The monoisotopic (exact) mass is 323 g/mol. The van der Waals surface area contributed by atoms with Gasteiger partial charge in [0.25, 0.3) is 0 Å². The minimum absolute atomic E-state index is 0.127. The summed E-state index contributed by atoms with van der Waals surface area (Å²) in [6.45, 7) is 11.1. The minimum atomic E-state index is -0.586. The standard InChI is InChI=1S/C17H29N3O3/c1-6-22-13(21)8-7-12-19-14(20-23-12)17(18)10-15(2,3)9-16(4,5)11-17/h6-11,18H2,1-5H3. The number of rotatable bonds is 5. The molecule has 1 heterocycles. The van der Waals surface area contributed by atoms with Gasteiger partial charge in [0.1, 0.15) is 0 Å². The predicted molar refractivity (Wildman–Crippen MR) is 86.5 cm³/mol. The molecule has 1 saturated carbocycles. The molecule has 23 heavy (non-hydrogen) atoms. The Morgan fingerprint density at radius 1 is 1.22 bits per heavy atom. The van der Waals surface area contributed by atoms with E-state index in [0.29, 0.717) is 24.7 Å². The largest absolute Gasteiger partial charge is 0.466 e. The summed E-state index contributed by atoms with van der Waals surface area (Å²) in [5.41, 5.74) is 6.34. The van der Waals surface area contributed by atoms with Crippen molar-refractivity contribution in [2.24, 2.45) is 16.6 Å². The lowest BCUT2D eigenvalue weighted by molar-refractivity contribution is -0.143. The number of ether oxygens (including phenoxy) is 1. The van der Waals surface area contributed by atoms with Gasteiger partial charge in [-0.2, -0.15) is 4.98 Å². The molecule has 0 amide bonds. The molecule has 2 rings (SSSR count). The SMILES string of the molecule is CCOC(=O)CCc1nc(C2(N)CC(C)(C)CC(C)(C)C2)no1. The van der Waals surface area contributed by atoms with Crippen molar-refractivity contribution < 1.29 is 14.1 Å². The van der Waals surface area contributed by atoms with Gasteiger partial charge >= 0.3 is 5.97 Å². The molecular formula is C17H29N3O3. The van der Waals surface area contributed by atoms with Crippen LogP contribution in [-0.2, 0) is 21.5 Å². The van der Waals surface area contributed by atoms with Crippen molar-refractivity contribution in [1.29, 1.82) is 0 Å². The number of hydrogen-bond acceptors (Lipinski definition) is 6. The number of carbonyl (C=O) groups excluding carboxylic acids is 1. The van der Waals surface area contributed by atoms with Crippen molar-refractivity contribution in [3.8, 4) is 0 Å². The van der Waals surface area contributed by atoms with Crippen molar-refractivity contribution >= 4 is 5.97 Å². The Labute approximate surface area is 138 Å². The first-order chi connectivity index (χ1) is 10.6. The average molecular weight is 323 g/mol. The molecule has 130 valence electrons. The number of hydrogen-bond donors (Lipinski definition) is 1. The second-order valence-corrected chi connectivity index (χ2v) is 8.33. The molecule has 0 bridgehead atoms. The van der Waals surface area contributed by atoms with Gasteiger partial charge in [-0.25, -0.2) is 0 Å². The number of aromatic nitrogens is 2. The number of nitrogens with two attached hydrogens (primary N) is 1. The fourth-order valence-electron chi connectivity index (χ4n) is 4.35. The Hall–Kier alpha value is -1.43. The summed E-state index contributed by atoms with van der Waals surface area (Å²) in [5.74, 6) is 0.742. The Kier molecular flexibility index (Phi) is 4.85. The average Bonchev–Trinajstić information content (AvgIpc) is 2.81. The van der Waals surface area contributed by atoms with Crippen LogP contribution in [0.3, 0.4) is 0 Å². The fourth-order valence-corrected chi connectivity index (χ4v) is 4.35. The summed E-state index contributed by atoms with van der Waals surface area (Å²) in [4.78, 5) is 15.9. The highest BCUT2D eigenvalue weighted by atomic mass is 16.5. The van der Waals surface area contributed by atoms with E-state index in [4.69, 9.17) is 15.0 Å². The number of aryl methyl sites for hydroxylation is 1. The van der Waals surface area contributed by atoms with E-state index >= 15 is 0 Å². The maximum Gasteiger partial charge on any atom is 0.306 e. The molecule has 6 heteroatoms. The van der Waals surface area contributed by atoms with E-state index in [1.165, 1.54) is 0 Å². The van der Waals surface area contributed by atoms with Crippen LogP contribution < -0.4 is 5.73 Å². The third kappa shape index (κ3) is 4.53. The van der Waals surface area contributed by atoms with Gasteiger partial charge in [0.2, 0.25) is 5.89 Å². The zero-order chi connectivity index (χ0) is 17.3. The second kappa shape index (κ2) is 6.23. The topological polar surface area (TPSA) is 91.2 Å². The van der Waals surface area contributed by atoms with Gasteiger partial charge < -0.3 is 15.0 Å². The summed E-state index contributed by atoms with van der Waals surface area (Å²) < 4.78 is 10.2. The van der Waals surface area contributed by atoms with E-state index in [2.05, 4.69) is 37.8 Å². The Morgan fingerprint density at radius 3 is 2.39 bits per heavy atom. The molecule has 0 atom stereocenters. The second-order valence-electron chi connectivity index (χ2n) is 8.33. The van der Waals surface area contributed by atoms with Gasteiger partial charge in [-0.1, -0.05) is 32.9 Å². The molecule has 1 aromatic heterocycles. The van der Waals surface area contributed by atoms with Crippen LogP contribution in [0.25, 0.3) is 0 Å². The van der Waals surface area contributed by atoms with Crippen LogP contribution in [0.5, 0.6) is 0 Å². The van der Waals surface area contributed by atoms with Crippen molar-refractivity contribution in [1.82, 2.24) is 10.1 Å². The van der Waals surface area contributed by atoms with E-state index in [0.717, 1.165) is 19.3 Å². The van der Waals surface area contributed by atoms with E-state index in [1.54, 1.807) is 6.92 Å². The predicted octanol–water partition coefficient (Wildman–Crippen LogP) is 2.96.